The number of halogens is 1. The van der Waals surface area contributed by atoms with Crippen LogP contribution in [0.1, 0.15) is 5.56 Å². The Morgan fingerprint density at radius 1 is 1.17 bits per heavy atom. The van der Waals surface area contributed by atoms with Crippen molar-refractivity contribution < 1.29 is 4.92 Å². The highest BCUT2D eigenvalue weighted by Gasteiger charge is 2.05. The summed E-state index contributed by atoms with van der Waals surface area (Å²) in [5.74, 6) is 0. The fourth-order valence-corrected chi connectivity index (χ4v) is 2.49. The van der Waals surface area contributed by atoms with Gasteiger partial charge < -0.3 is 0 Å². The Labute approximate surface area is 141 Å². The predicted molar refractivity (Wildman–Crippen MR) is 92.0 cm³/mol. The van der Waals surface area contributed by atoms with E-state index in [0.717, 1.165) is 10.8 Å². The smallest absolute Gasteiger partial charge is 0.258 e. The van der Waals surface area contributed by atoms with E-state index in [0.29, 0.717) is 16.2 Å². The first-order valence-electron chi connectivity index (χ1n) is 6.99. The van der Waals surface area contributed by atoms with Crippen molar-refractivity contribution in [2.45, 2.75) is 0 Å². The molecule has 0 aliphatic carbocycles. The number of nitro groups is 1. The van der Waals surface area contributed by atoms with Crippen LogP contribution in [0.3, 0.4) is 0 Å². The van der Waals surface area contributed by atoms with Crippen LogP contribution in [0, 0.1) is 10.1 Å². The summed E-state index contributed by atoms with van der Waals surface area (Å²) in [6.45, 7) is 0. The molecule has 0 amide bonds. The largest absolute Gasteiger partial charge is 0.269 e. The van der Waals surface area contributed by atoms with Crippen LogP contribution in [0.4, 0.5) is 5.69 Å². The van der Waals surface area contributed by atoms with Gasteiger partial charge in [0.1, 0.15) is 0 Å². The molecule has 2 aromatic carbocycles. The summed E-state index contributed by atoms with van der Waals surface area (Å²) in [6, 6.07) is 13.6. The average Bonchev–Trinajstić information content (AvgIpc) is 2.58. The quantitative estimate of drug-likeness (QED) is 0.417. The van der Waals surface area contributed by atoms with Gasteiger partial charge in [0.25, 0.3) is 5.69 Å². The Bertz CT molecular complexity index is 1010. The molecule has 0 aliphatic heterocycles. The Balaban J connectivity index is 2.00. The molecule has 0 saturated carbocycles. The van der Waals surface area contributed by atoms with E-state index in [-0.39, 0.29) is 5.69 Å². The minimum atomic E-state index is -0.448. The third-order valence-corrected chi connectivity index (χ3v) is 3.68. The normalized spacial score (nSPS) is 12.2. The first kappa shape index (κ1) is 15.8. The fourth-order valence-electron chi connectivity index (χ4n) is 2.22. The van der Waals surface area contributed by atoms with E-state index in [1.165, 1.54) is 18.3 Å². The second-order valence-electron chi connectivity index (χ2n) is 4.98. The standard InChI is InChI=1S/C16H12ClN5O2/c1-21-16(14-5-3-2-4-13(14)15(17)20-21)19-18-10-11-6-8-12(9-7-11)22(23)24/h2-10H,1H3/b18-10+,19-16+. The second-order valence-corrected chi connectivity index (χ2v) is 5.33. The molecule has 3 aromatic rings. The van der Waals surface area contributed by atoms with Crippen molar-refractivity contribution in [1.29, 1.82) is 0 Å². The van der Waals surface area contributed by atoms with Gasteiger partial charge in [-0.05, 0) is 17.7 Å². The molecule has 1 heterocycles. The molecule has 0 bridgehead atoms. The molecule has 0 spiro atoms. The SMILES string of the molecule is Cn1nc(Cl)c2ccccc2/c1=N\N=C\c1ccc([N+](=O)[O-])cc1. The number of fused-ring (bicyclic) bond motifs is 1. The van der Waals surface area contributed by atoms with E-state index in [9.17, 15) is 10.1 Å². The lowest BCUT2D eigenvalue weighted by atomic mass is 10.2. The molecule has 0 unspecified atom stereocenters. The van der Waals surface area contributed by atoms with Crippen LogP contribution in [0.15, 0.2) is 58.7 Å². The van der Waals surface area contributed by atoms with E-state index in [1.54, 1.807) is 23.9 Å². The molecule has 0 saturated heterocycles. The third-order valence-electron chi connectivity index (χ3n) is 3.40. The van der Waals surface area contributed by atoms with Crippen molar-refractivity contribution in [3.05, 3.63) is 74.8 Å². The molecule has 0 aliphatic rings. The zero-order valence-electron chi connectivity index (χ0n) is 12.6. The van der Waals surface area contributed by atoms with E-state index in [4.69, 9.17) is 11.6 Å². The number of hydrogen-bond acceptors (Lipinski definition) is 5. The Kier molecular flexibility index (Phi) is 4.35. The first-order valence-corrected chi connectivity index (χ1v) is 7.37. The van der Waals surface area contributed by atoms with Crippen LogP contribution in [-0.2, 0) is 7.05 Å². The summed E-state index contributed by atoms with van der Waals surface area (Å²) in [7, 11) is 1.73. The van der Waals surface area contributed by atoms with E-state index in [1.807, 2.05) is 24.3 Å². The van der Waals surface area contributed by atoms with Crippen molar-refractivity contribution >= 4 is 34.3 Å². The van der Waals surface area contributed by atoms with Gasteiger partial charge in [0, 0.05) is 30.0 Å². The summed E-state index contributed by atoms with van der Waals surface area (Å²) in [4.78, 5) is 10.2. The number of benzene rings is 2. The average molecular weight is 342 g/mol. The molecular formula is C16H12ClN5O2. The molecule has 0 fully saturated rings. The van der Waals surface area contributed by atoms with Crippen LogP contribution < -0.4 is 5.49 Å². The van der Waals surface area contributed by atoms with Gasteiger partial charge in [-0.1, -0.05) is 35.9 Å². The first-order chi connectivity index (χ1) is 11.6. The summed E-state index contributed by atoms with van der Waals surface area (Å²) in [6.07, 6.45) is 1.52. The summed E-state index contributed by atoms with van der Waals surface area (Å²) >= 11 is 6.14. The van der Waals surface area contributed by atoms with Crippen molar-refractivity contribution in [1.82, 2.24) is 9.78 Å². The Morgan fingerprint density at radius 2 is 1.83 bits per heavy atom. The summed E-state index contributed by atoms with van der Waals surface area (Å²) in [5.41, 5.74) is 1.30. The number of aryl methyl sites for hydroxylation is 1. The van der Waals surface area contributed by atoms with E-state index in [2.05, 4.69) is 15.3 Å². The highest BCUT2D eigenvalue weighted by Crippen LogP contribution is 2.17. The maximum atomic E-state index is 10.6. The van der Waals surface area contributed by atoms with Gasteiger partial charge in [-0.25, -0.2) is 4.68 Å². The maximum Gasteiger partial charge on any atom is 0.269 e. The molecular weight excluding hydrogens is 330 g/mol. The van der Waals surface area contributed by atoms with E-state index >= 15 is 0 Å². The molecule has 0 N–H and O–H groups in total. The highest BCUT2D eigenvalue weighted by molar-refractivity contribution is 6.34. The Morgan fingerprint density at radius 3 is 2.50 bits per heavy atom. The summed E-state index contributed by atoms with van der Waals surface area (Å²) < 4.78 is 1.55. The van der Waals surface area contributed by atoms with Crippen LogP contribution in [0.5, 0.6) is 0 Å². The number of hydrogen-bond donors (Lipinski definition) is 0. The van der Waals surface area contributed by atoms with Gasteiger partial charge in [-0.3, -0.25) is 10.1 Å². The van der Waals surface area contributed by atoms with Crippen molar-refractivity contribution in [3.63, 3.8) is 0 Å². The molecule has 8 heteroatoms. The van der Waals surface area contributed by atoms with Gasteiger partial charge in [-0.15, -0.1) is 5.10 Å². The van der Waals surface area contributed by atoms with Gasteiger partial charge in [0.05, 0.1) is 11.1 Å². The van der Waals surface area contributed by atoms with Gasteiger partial charge in [-0.2, -0.15) is 10.2 Å². The summed E-state index contributed by atoms with van der Waals surface area (Å²) in [5, 5.41) is 25.1. The van der Waals surface area contributed by atoms with Crippen LogP contribution >= 0.6 is 11.6 Å². The van der Waals surface area contributed by atoms with Gasteiger partial charge in [0.2, 0.25) is 0 Å². The maximum absolute atomic E-state index is 10.6. The second kappa shape index (κ2) is 6.59. The van der Waals surface area contributed by atoms with Gasteiger partial charge in [0.15, 0.2) is 10.6 Å². The molecule has 3 rings (SSSR count). The van der Waals surface area contributed by atoms with Crippen molar-refractivity contribution in [3.8, 4) is 0 Å². The highest BCUT2D eigenvalue weighted by atomic mass is 35.5. The topological polar surface area (TPSA) is 85.7 Å². The zero-order valence-corrected chi connectivity index (χ0v) is 13.4. The van der Waals surface area contributed by atoms with Crippen molar-refractivity contribution in [2.24, 2.45) is 17.3 Å². The molecule has 120 valence electrons. The van der Waals surface area contributed by atoms with Crippen molar-refractivity contribution in [2.75, 3.05) is 0 Å². The third kappa shape index (κ3) is 3.16. The Hall–Kier alpha value is -3.06. The monoisotopic (exact) mass is 341 g/mol. The van der Waals surface area contributed by atoms with Crippen LogP contribution in [0.2, 0.25) is 5.15 Å². The number of non-ortho nitro benzene ring substituents is 1. The van der Waals surface area contributed by atoms with Crippen LogP contribution in [-0.4, -0.2) is 20.9 Å². The lowest BCUT2D eigenvalue weighted by Crippen LogP contribution is -2.21. The minimum absolute atomic E-state index is 0.0309. The minimum Gasteiger partial charge on any atom is -0.258 e. The van der Waals surface area contributed by atoms with E-state index < -0.39 is 4.92 Å². The molecule has 24 heavy (non-hydrogen) atoms. The number of nitrogens with zero attached hydrogens (tertiary/aromatic N) is 5. The molecule has 0 atom stereocenters. The lowest BCUT2D eigenvalue weighted by Gasteiger charge is -2.04. The molecule has 0 radical (unpaired) electrons. The van der Waals surface area contributed by atoms with Crippen LogP contribution in [0.25, 0.3) is 10.8 Å². The molecule has 1 aromatic heterocycles. The zero-order chi connectivity index (χ0) is 17.1. The fraction of sp³-hybridized carbons (Fsp3) is 0.0625. The molecule has 7 nitrogen and oxygen atoms in total. The number of nitro benzene ring substituents is 1. The predicted octanol–water partition coefficient (Wildman–Crippen LogP) is 3.07. The number of rotatable bonds is 3. The van der Waals surface area contributed by atoms with Gasteiger partial charge >= 0.3 is 0 Å². The number of aromatic nitrogens is 2. The lowest BCUT2D eigenvalue weighted by molar-refractivity contribution is -0.384.